The van der Waals surface area contributed by atoms with Gasteiger partial charge in [0, 0.05) is 36.1 Å². The summed E-state index contributed by atoms with van der Waals surface area (Å²) >= 11 is 6.15. The van der Waals surface area contributed by atoms with Gasteiger partial charge in [-0.15, -0.1) is 0 Å². The molecule has 8 heteroatoms. The lowest BCUT2D eigenvalue weighted by atomic mass is 9.90. The molecule has 0 saturated carbocycles. The first-order chi connectivity index (χ1) is 17.5. The molecule has 1 atom stereocenters. The monoisotopic (exact) mass is 498 g/mol. The van der Waals surface area contributed by atoms with Crippen LogP contribution in [0, 0.1) is 0 Å². The molecule has 0 fully saturated rings. The number of aromatic nitrogens is 2. The fourth-order valence-electron chi connectivity index (χ4n) is 4.30. The smallest absolute Gasteiger partial charge is 0.303 e. The minimum atomic E-state index is -0.837. The van der Waals surface area contributed by atoms with Crippen molar-refractivity contribution in [3.05, 3.63) is 113 Å². The number of amides is 1. The molecule has 1 unspecified atom stereocenters. The third kappa shape index (κ3) is 5.21. The van der Waals surface area contributed by atoms with Crippen molar-refractivity contribution in [3.8, 4) is 0 Å². The highest BCUT2D eigenvalue weighted by Gasteiger charge is 2.35. The van der Waals surface area contributed by atoms with Crippen LogP contribution < -0.4 is 5.32 Å². The summed E-state index contributed by atoms with van der Waals surface area (Å²) in [6, 6.07) is 20.8. The third-order valence-electron chi connectivity index (χ3n) is 6.11. The van der Waals surface area contributed by atoms with Crippen LogP contribution in [0.4, 0.5) is 11.4 Å². The van der Waals surface area contributed by atoms with Gasteiger partial charge >= 0.3 is 5.97 Å². The van der Waals surface area contributed by atoms with Crippen LogP contribution in [-0.4, -0.2) is 32.2 Å². The van der Waals surface area contributed by atoms with Crippen LogP contribution in [0.2, 0.25) is 5.02 Å². The fraction of sp³-hybridized carbons (Fsp3) is 0.143. The molecule has 2 heterocycles. The van der Waals surface area contributed by atoms with Gasteiger partial charge in [0.15, 0.2) is 0 Å². The Kier molecular flexibility index (Phi) is 6.64. The normalized spacial score (nSPS) is 15.0. The van der Waals surface area contributed by atoms with Crippen molar-refractivity contribution in [2.24, 2.45) is 4.99 Å². The predicted octanol–water partition coefficient (Wildman–Crippen LogP) is 5.46. The Morgan fingerprint density at radius 3 is 2.50 bits per heavy atom. The van der Waals surface area contributed by atoms with Crippen molar-refractivity contribution < 1.29 is 14.7 Å². The maximum atomic E-state index is 13.1. The number of carboxylic acids is 1. The molecule has 0 aliphatic carbocycles. The first-order valence-electron chi connectivity index (χ1n) is 11.5. The number of rotatable bonds is 8. The van der Waals surface area contributed by atoms with Crippen LogP contribution in [0.25, 0.3) is 0 Å². The van der Waals surface area contributed by atoms with Crippen LogP contribution in [0.1, 0.15) is 34.6 Å². The van der Waals surface area contributed by atoms with Crippen LogP contribution in [0.15, 0.2) is 90.4 Å². The lowest BCUT2D eigenvalue weighted by Crippen LogP contribution is -2.22. The number of imidazole rings is 1. The van der Waals surface area contributed by atoms with Gasteiger partial charge in [-0.05, 0) is 52.9 Å². The number of hydrogen-bond acceptors (Lipinski definition) is 4. The molecule has 1 aromatic heterocycles. The summed E-state index contributed by atoms with van der Waals surface area (Å²) in [6.07, 6.45) is 5.92. The van der Waals surface area contributed by atoms with Gasteiger partial charge in [0.05, 0.1) is 17.7 Å². The summed E-state index contributed by atoms with van der Waals surface area (Å²) in [6.45, 7) is 0.702. The van der Waals surface area contributed by atoms with Gasteiger partial charge in [-0.2, -0.15) is 0 Å². The lowest BCUT2D eigenvalue weighted by Gasteiger charge is -2.15. The van der Waals surface area contributed by atoms with Crippen molar-refractivity contribution in [1.29, 1.82) is 0 Å². The average molecular weight is 499 g/mol. The van der Waals surface area contributed by atoms with E-state index in [-0.39, 0.29) is 12.3 Å². The summed E-state index contributed by atoms with van der Waals surface area (Å²) in [5.74, 6) is -1.61. The van der Waals surface area contributed by atoms with Gasteiger partial charge in [0.1, 0.15) is 5.92 Å². The number of carbonyl (C=O) groups is 2. The quantitative estimate of drug-likeness (QED) is 0.315. The molecular weight excluding hydrogens is 476 g/mol. The second-order valence-electron chi connectivity index (χ2n) is 8.64. The SMILES string of the molecule is O=C(O)CCc1ccc(C(=Nc2ccc(Cn3ccnc3)cc2)C2C(=O)Nc3cc(Cl)ccc32)cc1. The van der Waals surface area contributed by atoms with Crippen LogP contribution >= 0.6 is 11.6 Å². The average Bonchev–Trinajstić information content (AvgIpc) is 3.49. The Bertz CT molecular complexity index is 1430. The maximum Gasteiger partial charge on any atom is 0.303 e. The molecule has 4 aromatic rings. The number of anilines is 1. The lowest BCUT2D eigenvalue weighted by molar-refractivity contribution is -0.137. The number of carboxylic acid groups (broad SMARTS) is 1. The molecule has 3 aromatic carbocycles. The van der Waals surface area contributed by atoms with E-state index in [2.05, 4.69) is 10.3 Å². The number of aryl methyl sites for hydroxylation is 1. The number of halogens is 1. The Hall–Kier alpha value is -4.23. The molecule has 2 N–H and O–H groups in total. The predicted molar refractivity (Wildman–Crippen MR) is 139 cm³/mol. The Labute approximate surface area is 213 Å². The zero-order valence-electron chi connectivity index (χ0n) is 19.3. The number of carbonyl (C=O) groups excluding carboxylic acids is 1. The van der Waals surface area contributed by atoms with E-state index < -0.39 is 11.9 Å². The van der Waals surface area contributed by atoms with E-state index in [1.165, 1.54) is 0 Å². The highest BCUT2D eigenvalue weighted by molar-refractivity contribution is 6.31. The standard InChI is InChI=1S/C28H23ClN4O3/c29-21-8-11-23-24(15-21)32-28(36)26(23)27(20-6-1-18(2-7-20)5-12-25(34)35)31-22-9-3-19(4-10-22)16-33-14-13-30-17-33/h1-4,6-11,13-15,17,26H,5,12,16H2,(H,32,36)(H,34,35). The van der Waals surface area contributed by atoms with E-state index >= 15 is 0 Å². The zero-order valence-corrected chi connectivity index (χ0v) is 20.0. The van der Waals surface area contributed by atoms with E-state index in [1.807, 2.05) is 65.4 Å². The number of nitrogens with zero attached hydrogens (tertiary/aromatic N) is 3. The van der Waals surface area contributed by atoms with Gasteiger partial charge in [-0.3, -0.25) is 14.6 Å². The van der Waals surface area contributed by atoms with E-state index in [1.54, 1.807) is 24.7 Å². The Morgan fingerprint density at radius 2 is 1.81 bits per heavy atom. The molecule has 5 rings (SSSR count). The van der Waals surface area contributed by atoms with E-state index in [0.717, 1.165) is 27.9 Å². The highest BCUT2D eigenvalue weighted by Crippen LogP contribution is 2.37. The van der Waals surface area contributed by atoms with Crippen LogP contribution in [0.3, 0.4) is 0 Å². The van der Waals surface area contributed by atoms with Crippen LogP contribution in [0.5, 0.6) is 0 Å². The molecule has 7 nitrogen and oxygen atoms in total. The zero-order chi connectivity index (χ0) is 25.1. The summed E-state index contributed by atoms with van der Waals surface area (Å²) in [5, 5.41) is 12.5. The fourth-order valence-corrected chi connectivity index (χ4v) is 4.47. The topological polar surface area (TPSA) is 96.6 Å². The molecular formula is C28H23ClN4O3. The molecule has 1 amide bonds. The third-order valence-corrected chi connectivity index (χ3v) is 6.34. The molecule has 1 aliphatic rings. The van der Waals surface area contributed by atoms with Crippen molar-refractivity contribution in [2.75, 3.05) is 5.32 Å². The largest absolute Gasteiger partial charge is 0.481 e. The number of hydrogen-bond donors (Lipinski definition) is 2. The second-order valence-corrected chi connectivity index (χ2v) is 9.08. The van der Waals surface area contributed by atoms with E-state index in [4.69, 9.17) is 21.7 Å². The minimum absolute atomic E-state index is 0.0604. The number of fused-ring (bicyclic) bond motifs is 1. The summed E-state index contributed by atoms with van der Waals surface area (Å²) in [5.41, 5.74) is 5.64. The molecule has 0 radical (unpaired) electrons. The molecule has 1 aliphatic heterocycles. The Balaban J connectivity index is 1.51. The summed E-state index contributed by atoms with van der Waals surface area (Å²) < 4.78 is 1.99. The number of benzene rings is 3. The van der Waals surface area contributed by atoms with Crippen molar-refractivity contribution in [3.63, 3.8) is 0 Å². The molecule has 0 bridgehead atoms. The minimum Gasteiger partial charge on any atom is -0.481 e. The van der Waals surface area contributed by atoms with Gasteiger partial charge in [-0.1, -0.05) is 54.1 Å². The van der Waals surface area contributed by atoms with Gasteiger partial charge < -0.3 is 15.0 Å². The van der Waals surface area contributed by atoms with Gasteiger partial charge in [0.2, 0.25) is 5.91 Å². The summed E-state index contributed by atoms with van der Waals surface area (Å²) in [4.78, 5) is 33.1. The number of aliphatic imine (C=N–C) groups is 1. The molecule has 0 spiro atoms. The molecule has 0 saturated heterocycles. The van der Waals surface area contributed by atoms with Gasteiger partial charge in [-0.25, -0.2) is 4.98 Å². The molecule has 180 valence electrons. The molecule has 36 heavy (non-hydrogen) atoms. The number of aliphatic carboxylic acids is 1. The van der Waals surface area contributed by atoms with Crippen molar-refractivity contribution in [1.82, 2.24) is 9.55 Å². The van der Waals surface area contributed by atoms with Gasteiger partial charge in [0.25, 0.3) is 0 Å². The maximum absolute atomic E-state index is 13.1. The number of nitrogens with one attached hydrogen (secondary N) is 1. The second kappa shape index (κ2) is 10.2. The summed E-state index contributed by atoms with van der Waals surface area (Å²) in [7, 11) is 0. The highest BCUT2D eigenvalue weighted by atomic mass is 35.5. The van der Waals surface area contributed by atoms with E-state index in [9.17, 15) is 9.59 Å². The van der Waals surface area contributed by atoms with Crippen molar-refractivity contribution in [2.45, 2.75) is 25.3 Å². The van der Waals surface area contributed by atoms with Crippen molar-refractivity contribution >= 4 is 40.6 Å². The first kappa shape index (κ1) is 23.5. The Morgan fingerprint density at radius 1 is 1.06 bits per heavy atom. The van der Waals surface area contributed by atoms with E-state index in [0.29, 0.717) is 29.4 Å². The first-order valence-corrected chi connectivity index (χ1v) is 11.9. The van der Waals surface area contributed by atoms with Crippen LogP contribution in [-0.2, 0) is 22.6 Å².